The second kappa shape index (κ2) is 1.63. The quantitative estimate of drug-likeness (QED) is 0.493. The molecule has 0 nitrogen and oxygen atoms in total. The van der Waals surface area contributed by atoms with Crippen LogP contribution in [0.3, 0.4) is 0 Å². The maximum Gasteiger partial charge on any atom is -0.0134 e. The first kappa shape index (κ1) is 6.05. The SMILES string of the molecule is C=C1C(=C)[C@@H]2CC[C@H]1[C@@H]1C[C@@H]12. The maximum absolute atomic E-state index is 4.16. The van der Waals surface area contributed by atoms with Gasteiger partial charge in [0.05, 0.1) is 0 Å². The summed E-state index contributed by atoms with van der Waals surface area (Å²) < 4.78 is 0. The van der Waals surface area contributed by atoms with Crippen molar-refractivity contribution in [3.8, 4) is 0 Å². The van der Waals surface area contributed by atoms with Crippen LogP contribution in [0.1, 0.15) is 19.3 Å². The number of hydrogen-bond acceptors (Lipinski definition) is 0. The van der Waals surface area contributed by atoms with Crippen molar-refractivity contribution in [2.75, 3.05) is 0 Å². The Bertz CT molecular complexity index is 223. The Morgan fingerprint density at radius 2 is 1.36 bits per heavy atom. The van der Waals surface area contributed by atoms with Crippen LogP contribution in [0.25, 0.3) is 0 Å². The van der Waals surface area contributed by atoms with Crippen LogP contribution in [0.2, 0.25) is 0 Å². The molecule has 0 heteroatoms. The summed E-state index contributed by atoms with van der Waals surface area (Å²) in [5.41, 5.74) is 2.81. The van der Waals surface area contributed by atoms with Crippen LogP contribution < -0.4 is 0 Å². The van der Waals surface area contributed by atoms with Crippen molar-refractivity contribution in [2.45, 2.75) is 19.3 Å². The van der Waals surface area contributed by atoms with Gasteiger partial charge < -0.3 is 0 Å². The second-order valence-corrected chi connectivity index (χ2v) is 4.40. The Labute approximate surface area is 68.0 Å². The van der Waals surface area contributed by atoms with Crippen LogP contribution >= 0.6 is 0 Å². The molecule has 4 atom stereocenters. The Hall–Kier alpha value is -0.520. The molecule has 0 aromatic rings. The molecule has 4 fully saturated rings. The van der Waals surface area contributed by atoms with E-state index in [2.05, 4.69) is 13.2 Å². The second-order valence-electron chi connectivity index (χ2n) is 4.40. The van der Waals surface area contributed by atoms with Gasteiger partial charge in [0.2, 0.25) is 0 Å². The van der Waals surface area contributed by atoms with Crippen molar-refractivity contribution in [1.82, 2.24) is 0 Å². The van der Waals surface area contributed by atoms with E-state index in [1.165, 1.54) is 30.4 Å². The van der Waals surface area contributed by atoms with Gasteiger partial charge in [-0.1, -0.05) is 13.2 Å². The lowest BCUT2D eigenvalue weighted by molar-refractivity contribution is 0.276. The van der Waals surface area contributed by atoms with E-state index in [1.54, 1.807) is 0 Å². The molecule has 0 saturated heterocycles. The highest BCUT2D eigenvalue weighted by atomic mass is 14.6. The minimum Gasteiger partial charge on any atom is -0.0953 e. The van der Waals surface area contributed by atoms with E-state index in [9.17, 15) is 0 Å². The van der Waals surface area contributed by atoms with E-state index in [0.29, 0.717) is 0 Å². The summed E-state index contributed by atoms with van der Waals surface area (Å²) in [6, 6.07) is 0. The summed E-state index contributed by atoms with van der Waals surface area (Å²) in [5.74, 6) is 3.76. The molecule has 0 heterocycles. The first-order valence-electron chi connectivity index (χ1n) is 4.67. The number of fused-ring (bicyclic) bond motifs is 2. The van der Waals surface area contributed by atoms with Gasteiger partial charge in [-0.15, -0.1) is 0 Å². The number of allylic oxidation sites excluding steroid dienone is 2. The summed E-state index contributed by atoms with van der Waals surface area (Å²) in [7, 11) is 0. The van der Waals surface area contributed by atoms with E-state index in [4.69, 9.17) is 0 Å². The van der Waals surface area contributed by atoms with Crippen LogP contribution in [0.15, 0.2) is 24.3 Å². The van der Waals surface area contributed by atoms with Gasteiger partial charge in [0.1, 0.15) is 0 Å². The van der Waals surface area contributed by atoms with E-state index in [0.717, 1.165) is 23.7 Å². The topological polar surface area (TPSA) is 0 Å². The molecular weight excluding hydrogens is 132 g/mol. The molecule has 4 aliphatic rings. The highest BCUT2D eigenvalue weighted by molar-refractivity contribution is 5.40. The molecule has 2 bridgehead atoms. The van der Waals surface area contributed by atoms with Crippen molar-refractivity contribution >= 4 is 0 Å². The molecule has 0 radical (unpaired) electrons. The summed E-state index contributed by atoms with van der Waals surface area (Å²) in [5, 5.41) is 0. The van der Waals surface area contributed by atoms with Crippen LogP contribution in [-0.4, -0.2) is 0 Å². The van der Waals surface area contributed by atoms with Crippen molar-refractivity contribution in [3.05, 3.63) is 24.3 Å². The van der Waals surface area contributed by atoms with Crippen molar-refractivity contribution < 1.29 is 0 Å². The van der Waals surface area contributed by atoms with Gasteiger partial charge in [-0.2, -0.15) is 0 Å². The van der Waals surface area contributed by atoms with Crippen LogP contribution in [0.4, 0.5) is 0 Å². The first-order chi connectivity index (χ1) is 5.29. The molecule has 0 aromatic heterocycles. The fourth-order valence-electron chi connectivity index (χ4n) is 3.29. The van der Waals surface area contributed by atoms with Crippen LogP contribution in [0, 0.1) is 23.7 Å². The molecule has 58 valence electrons. The van der Waals surface area contributed by atoms with Gasteiger partial charge in [-0.05, 0) is 54.1 Å². The van der Waals surface area contributed by atoms with Gasteiger partial charge >= 0.3 is 0 Å². The average molecular weight is 146 g/mol. The molecule has 4 aliphatic carbocycles. The Morgan fingerprint density at radius 1 is 0.909 bits per heavy atom. The molecule has 0 aliphatic heterocycles. The molecule has 0 aromatic carbocycles. The molecule has 0 unspecified atom stereocenters. The Morgan fingerprint density at radius 3 is 1.82 bits per heavy atom. The van der Waals surface area contributed by atoms with Crippen molar-refractivity contribution in [1.29, 1.82) is 0 Å². The average Bonchev–Trinajstić information content (AvgIpc) is 2.76. The fraction of sp³-hybridized carbons (Fsp3) is 0.636. The maximum atomic E-state index is 4.16. The summed E-state index contributed by atoms with van der Waals surface area (Å²) >= 11 is 0. The minimum atomic E-state index is 0.845. The lowest BCUT2D eigenvalue weighted by Gasteiger charge is -2.39. The highest BCUT2D eigenvalue weighted by Gasteiger charge is 2.56. The lowest BCUT2D eigenvalue weighted by atomic mass is 9.66. The van der Waals surface area contributed by atoms with Gasteiger partial charge in [0.25, 0.3) is 0 Å². The van der Waals surface area contributed by atoms with Gasteiger partial charge in [-0.3, -0.25) is 0 Å². The zero-order valence-electron chi connectivity index (χ0n) is 6.84. The molecule has 0 spiro atoms. The molecule has 4 rings (SSSR count). The summed E-state index contributed by atoms with van der Waals surface area (Å²) in [6.07, 6.45) is 4.29. The zero-order valence-corrected chi connectivity index (χ0v) is 6.84. The molecule has 0 amide bonds. The zero-order chi connectivity index (χ0) is 7.59. The van der Waals surface area contributed by atoms with E-state index >= 15 is 0 Å². The van der Waals surface area contributed by atoms with Gasteiger partial charge in [-0.25, -0.2) is 0 Å². The van der Waals surface area contributed by atoms with Crippen molar-refractivity contribution in [2.24, 2.45) is 23.7 Å². The van der Waals surface area contributed by atoms with Gasteiger partial charge in [0, 0.05) is 0 Å². The number of hydrogen-bond donors (Lipinski definition) is 0. The molecule has 0 N–H and O–H groups in total. The third kappa shape index (κ3) is 0.571. The summed E-state index contributed by atoms with van der Waals surface area (Å²) in [4.78, 5) is 0. The van der Waals surface area contributed by atoms with Crippen molar-refractivity contribution in [3.63, 3.8) is 0 Å². The Balaban J connectivity index is 2.06. The molecule has 11 heavy (non-hydrogen) atoms. The molecule has 4 saturated carbocycles. The largest absolute Gasteiger partial charge is 0.0953 e. The number of rotatable bonds is 0. The van der Waals surface area contributed by atoms with Gasteiger partial charge in [0.15, 0.2) is 0 Å². The predicted molar refractivity (Wildman–Crippen MR) is 46.1 cm³/mol. The molecular formula is C11H14. The van der Waals surface area contributed by atoms with Crippen LogP contribution in [-0.2, 0) is 0 Å². The lowest BCUT2D eigenvalue weighted by Crippen LogP contribution is -2.28. The summed E-state index contributed by atoms with van der Waals surface area (Å²) in [6.45, 7) is 8.31. The monoisotopic (exact) mass is 146 g/mol. The third-order valence-electron chi connectivity index (χ3n) is 4.02. The Kier molecular flexibility index (Phi) is 0.894. The fourth-order valence-corrected chi connectivity index (χ4v) is 3.29. The first-order valence-corrected chi connectivity index (χ1v) is 4.67. The predicted octanol–water partition coefficient (Wildman–Crippen LogP) is 2.77. The van der Waals surface area contributed by atoms with E-state index in [1.807, 2.05) is 0 Å². The standard InChI is InChI=1S/C11H14/c1-6-7(2)9-4-3-8(6)10-5-11(9)10/h8-11H,1-5H2/t8-,9+,10+,11-. The van der Waals surface area contributed by atoms with E-state index < -0.39 is 0 Å². The normalized spacial score (nSPS) is 52.7. The van der Waals surface area contributed by atoms with Crippen LogP contribution in [0.5, 0.6) is 0 Å². The third-order valence-corrected chi connectivity index (χ3v) is 4.02. The highest BCUT2D eigenvalue weighted by Crippen LogP contribution is 2.65. The smallest absolute Gasteiger partial charge is 0.0134 e. The minimum absolute atomic E-state index is 0.845. The van der Waals surface area contributed by atoms with E-state index in [-0.39, 0.29) is 0 Å².